The minimum atomic E-state index is -0.208. The standard InChI is InChI=1S/C19H27N3O2/c1-4-15-6-5-7-16(15)21-22-19(24)11-10-18(23)20-17-12-13(2)8-9-14(17)3/h8-9,12,15H,4-7,10-11H2,1-3H3,(H,20,23)(H,22,24)/b21-16+. The van der Waals surface area contributed by atoms with Crippen LogP contribution in [0.4, 0.5) is 5.69 Å². The van der Waals surface area contributed by atoms with Crippen molar-refractivity contribution in [3.05, 3.63) is 29.3 Å². The predicted octanol–water partition coefficient (Wildman–Crippen LogP) is 3.70. The number of anilines is 1. The molecule has 0 aromatic heterocycles. The molecule has 2 amide bonds. The average Bonchev–Trinajstić information content (AvgIpc) is 3.02. The zero-order valence-electron chi connectivity index (χ0n) is 14.8. The van der Waals surface area contributed by atoms with E-state index in [9.17, 15) is 9.59 Å². The van der Waals surface area contributed by atoms with Gasteiger partial charge >= 0.3 is 0 Å². The zero-order valence-corrected chi connectivity index (χ0v) is 14.8. The Hall–Kier alpha value is -2.17. The number of nitrogens with zero attached hydrogens (tertiary/aromatic N) is 1. The van der Waals surface area contributed by atoms with Gasteiger partial charge in [-0.05, 0) is 62.6 Å². The largest absolute Gasteiger partial charge is 0.326 e. The highest BCUT2D eigenvalue weighted by molar-refractivity contribution is 5.94. The molecule has 0 heterocycles. The highest BCUT2D eigenvalue weighted by atomic mass is 16.2. The van der Waals surface area contributed by atoms with Crippen LogP contribution in [0.2, 0.25) is 0 Å². The Balaban J connectivity index is 1.78. The molecule has 130 valence electrons. The van der Waals surface area contributed by atoms with E-state index in [-0.39, 0.29) is 24.7 Å². The fourth-order valence-electron chi connectivity index (χ4n) is 2.99. The van der Waals surface area contributed by atoms with Gasteiger partial charge in [0.15, 0.2) is 0 Å². The lowest BCUT2D eigenvalue weighted by Crippen LogP contribution is -2.23. The SMILES string of the molecule is CCC1CCC/C1=N\NC(=O)CCC(=O)Nc1cc(C)ccc1C. The molecule has 2 N–H and O–H groups in total. The van der Waals surface area contributed by atoms with Crippen molar-refractivity contribution in [2.24, 2.45) is 11.0 Å². The molecule has 2 rings (SSSR count). The summed E-state index contributed by atoms with van der Waals surface area (Å²) in [6.45, 7) is 6.07. The second-order valence-electron chi connectivity index (χ2n) is 6.50. The summed E-state index contributed by atoms with van der Waals surface area (Å²) in [6.07, 6.45) is 4.62. The first-order valence-electron chi connectivity index (χ1n) is 8.72. The van der Waals surface area contributed by atoms with Gasteiger partial charge in [-0.2, -0.15) is 5.10 Å². The van der Waals surface area contributed by atoms with Crippen LogP contribution in [0.3, 0.4) is 0 Å². The number of nitrogens with one attached hydrogen (secondary N) is 2. The molecule has 5 nitrogen and oxygen atoms in total. The number of hydrogen-bond donors (Lipinski definition) is 2. The van der Waals surface area contributed by atoms with Crippen LogP contribution in [-0.4, -0.2) is 17.5 Å². The number of hydrazone groups is 1. The zero-order chi connectivity index (χ0) is 17.5. The summed E-state index contributed by atoms with van der Waals surface area (Å²) in [5, 5.41) is 7.11. The molecular weight excluding hydrogens is 302 g/mol. The molecule has 5 heteroatoms. The molecule has 0 radical (unpaired) electrons. The monoisotopic (exact) mass is 329 g/mol. The molecular formula is C19H27N3O2. The summed E-state index contributed by atoms with van der Waals surface area (Å²) in [6, 6.07) is 5.91. The summed E-state index contributed by atoms with van der Waals surface area (Å²) in [4.78, 5) is 23.9. The van der Waals surface area contributed by atoms with Gasteiger partial charge in [-0.1, -0.05) is 19.1 Å². The van der Waals surface area contributed by atoms with Crippen LogP contribution in [0.15, 0.2) is 23.3 Å². The summed E-state index contributed by atoms with van der Waals surface area (Å²) in [5.74, 6) is 0.136. The lowest BCUT2D eigenvalue weighted by molar-refractivity contribution is -0.124. The van der Waals surface area contributed by atoms with Crippen molar-refractivity contribution >= 4 is 23.2 Å². The fraction of sp³-hybridized carbons (Fsp3) is 0.526. The molecule has 1 aliphatic carbocycles. The third kappa shape index (κ3) is 5.18. The Labute approximate surface area is 143 Å². The molecule has 0 saturated heterocycles. The first kappa shape index (κ1) is 18.2. The molecule has 0 aliphatic heterocycles. The predicted molar refractivity (Wildman–Crippen MR) is 97.0 cm³/mol. The first-order valence-corrected chi connectivity index (χ1v) is 8.72. The summed E-state index contributed by atoms with van der Waals surface area (Å²) >= 11 is 0. The van der Waals surface area contributed by atoms with Crippen LogP contribution in [0.5, 0.6) is 0 Å². The van der Waals surface area contributed by atoms with Crippen LogP contribution in [0.1, 0.15) is 56.6 Å². The van der Waals surface area contributed by atoms with Crippen molar-refractivity contribution in [2.75, 3.05) is 5.32 Å². The molecule has 24 heavy (non-hydrogen) atoms. The maximum Gasteiger partial charge on any atom is 0.240 e. The van der Waals surface area contributed by atoms with Crippen LogP contribution < -0.4 is 10.7 Å². The Morgan fingerprint density at radius 2 is 1.96 bits per heavy atom. The van der Waals surface area contributed by atoms with Crippen LogP contribution in [0, 0.1) is 19.8 Å². The lowest BCUT2D eigenvalue weighted by Gasteiger charge is -2.09. The lowest BCUT2D eigenvalue weighted by atomic mass is 10.0. The third-order valence-corrected chi connectivity index (χ3v) is 4.52. The van der Waals surface area contributed by atoms with E-state index in [1.165, 1.54) is 0 Å². The minimum Gasteiger partial charge on any atom is -0.326 e. The van der Waals surface area contributed by atoms with Crippen LogP contribution in [-0.2, 0) is 9.59 Å². The van der Waals surface area contributed by atoms with Gasteiger partial charge in [0.2, 0.25) is 11.8 Å². The van der Waals surface area contributed by atoms with Gasteiger partial charge in [0.1, 0.15) is 0 Å². The van der Waals surface area contributed by atoms with Crippen molar-refractivity contribution in [3.63, 3.8) is 0 Å². The summed E-state index contributed by atoms with van der Waals surface area (Å²) < 4.78 is 0. The molecule has 1 atom stereocenters. The van der Waals surface area contributed by atoms with Gasteiger partial charge in [-0.25, -0.2) is 5.43 Å². The Morgan fingerprint density at radius 1 is 1.21 bits per heavy atom. The molecule has 0 bridgehead atoms. The fourth-order valence-corrected chi connectivity index (χ4v) is 2.99. The summed E-state index contributed by atoms with van der Waals surface area (Å²) in [7, 11) is 0. The van der Waals surface area contributed by atoms with E-state index in [2.05, 4.69) is 22.8 Å². The maximum absolute atomic E-state index is 12.0. The maximum atomic E-state index is 12.0. The molecule has 1 unspecified atom stereocenters. The van der Waals surface area contributed by atoms with E-state index in [1.807, 2.05) is 32.0 Å². The van der Waals surface area contributed by atoms with Crippen LogP contribution >= 0.6 is 0 Å². The van der Waals surface area contributed by atoms with E-state index in [1.54, 1.807) is 0 Å². The minimum absolute atomic E-state index is 0.143. The Kier molecular flexibility index (Phi) is 6.53. The first-order chi connectivity index (χ1) is 11.5. The van der Waals surface area contributed by atoms with Crippen molar-refractivity contribution in [1.29, 1.82) is 0 Å². The number of rotatable bonds is 6. The summed E-state index contributed by atoms with van der Waals surface area (Å²) in [5.41, 5.74) is 6.59. The van der Waals surface area contributed by atoms with Gasteiger partial charge in [0, 0.05) is 24.2 Å². The third-order valence-electron chi connectivity index (χ3n) is 4.52. The van der Waals surface area contributed by atoms with E-state index in [0.29, 0.717) is 5.92 Å². The normalized spacial score (nSPS) is 18.6. The quantitative estimate of drug-likeness (QED) is 0.781. The van der Waals surface area contributed by atoms with Crippen molar-refractivity contribution < 1.29 is 9.59 Å². The number of benzene rings is 1. The highest BCUT2D eigenvalue weighted by Gasteiger charge is 2.21. The number of carbonyl (C=O) groups excluding carboxylic acids is 2. The van der Waals surface area contributed by atoms with Gasteiger partial charge in [-0.15, -0.1) is 0 Å². The van der Waals surface area contributed by atoms with Crippen molar-refractivity contribution in [1.82, 2.24) is 5.43 Å². The second-order valence-corrected chi connectivity index (χ2v) is 6.50. The Bertz CT molecular complexity index is 637. The van der Waals surface area contributed by atoms with E-state index < -0.39 is 0 Å². The van der Waals surface area contributed by atoms with Crippen LogP contribution in [0.25, 0.3) is 0 Å². The number of aryl methyl sites for hydroxylation is 2. The highest BCUT2D eigenvalue weighted by Crippen LogP contribution is 2.24. The molecule has 1 saturated carbocycles. The second kappa shape index (κ2) is 8.62. The smallest absolute Gasteiger partial charge is 0.240 e. The molecule has 1 aromatic carbocycles. The number of carbonyl (C=O) groups is 2. The van der Waals surface area contributed by atoms with Gasteiger partial charge in [-0.3, -0.25) is 9.59 Å². The van der Waals surface area contributed by atoms with Gasteiger partial charge in [0.05, 0.1) is 0 Å². The number of hydrogen-bond acceptors (Lipinski definition) is 3. The van der Waals surface area contributed by atoms with Crippen molar-refractivity contribution in [3.8, 4) is 0 Å². The molecule has 0 spiro atoms. The van der Waals surface area contributed by atoms with Gasteiger partial charge in [0.25, 0.3) is 0 Å². The Morgan fingerprint density at radius 3 is 2.71 bits per heavy atom. The molecule has 1 aliphatic rings. The number of amides is 2. The average molecular weight is 329 g/mol. The van der Waals surface area contributed by atoms with E-state index in [4.69, 9.17) is 0 Å². The van der Waals surface area contributed by atoms with E-state index >= 15 is 0 Å². The topological polar surface area (TPSA) is 70.6 Å². The van der Waals surface area contributed by atoms with Crippen molar-refractivity contribution in [2.45, 2.75) is 59.3 Å². The van der Waals surface area contributed by atoms with E-state index in [0.717, 1.165) is 48.2 Å². The van der Waals surface area contributed by atoms with Gasteiger partial charge < -0.3 is 5.32 Å². The molecule has 1 fully saturated rings. The molecule has 1 aromatic rings.